The molecule has 0 bridgehead atoms. The molecule has 1 aliphatic heterocycles. The van der Waals surface area contributed by atoms with Gasteiger partial charge in [-0.25, -0.2) is 21.6 Å². The van der Waals surface area contributed by atoms with Crippen LogP contribution in [0.25, 0.3) is 0 Å². The molecule has 138 valence electrons. The van der Waals surface area contributed by atoms with Crippen molar-refractivity contribution in [3.05, 3.63) is 48.5 Å². The molecule has 0 radical (unpaired) electrons. The van der Waals surface area contributed by atoms with Crippen molar-refractivity contribution in [3.8, 4) is 5.75 Å². The fraction of sp³-hybridized carbons (Fsp3) is 0.188. The quantitative estimate of drug-likeness (QED) is 0.744. The number of sulfone groups is 1. The lowest BCUT2D eigenvalue weighted by Crippen LogP contribution is -2.30. The number of fused-ring (bicyclic) bond motifs is 1. The standard InChI is InChI=1S/C16H16N2O6S2/c19-16-11-24-15-7-6-13(10-14(15)18-16)26(22,23)17-8-9-25(20,21)12-4-2-1-3-5-12/h1-7,10,17H,8-9,11H2,(H,18,19). The number of ether oxygens (including phenoxy) is 1. The normalized spacial score (nSPS) is 14.2. The second-order valence-corrected chi connectivity index (χ2v) is 9.40. The van der Waals surface area contributed by atoms with E-state index >= 15 is 0 Å². The number of hydrogen-bond acceptors (Lipinski definition) is 6. The zero-order valence-electron chi connectivity index (χ0n) is 13.5. The molecule has 0 aromatic heterocycles. The predicted molar refractivity (Wildman–Crippen MR) is 94.3 cm³/mol. The molecule has 1 amide bonds. The maximum absolute atomic E-state index is 12.4. The van der Waals surface area contributed by atoms with Crippen molar-refractivity contribution in [1.82, 2.24) is 4.72 Å². The molecule has 0 aliphatic carbocycles. The number of carbonyl (C=O) groups excluding carboxylic acids is 1. The minimum absolute atomic E-state index is 0.0980. The Bertz CT molecular complexity index is 1030. The van der Waals surface area contributed by atoms with Crippen LogP contribution in [0.5, 0.6) is 5.75 Å². The van der Waals surface area contributed by atoms with Crippen LogP contribution in [0.15, 0.2) is 58.3 Å². The van der Waals surface area contributed by atoms with Crippen LogP contribution in [0.4, 0.5) is 5.69 Å². The summed E-state index contributed by atoms with van der Waals surface area (Å²) in [5.41, 5.74) is 0.251. The summed E-state index contributed by atoms with van der Waals surface area (Å²) >= 11 is 0. The Morgan fingerprint density at radius 1 is 1.00 bits per heavy atom. The van der Waals surface area contributed by atoms with Crippen molar-refractivity contribution in [1.29, 1.82) is 0 Å². The van der Waals surface area contributed by atoms with Crippen LogP contribution in [-0.2, 0) is 24.7 Å². The van der Waals surface area contributed by atoms with Gasteiger partial charge in [-0.2, -0.15) is 0 Å². The first-order chi connectivity index (χ1) is 12.3. The van der Waals surface area contributed by atoms with Gasteiger partial charge in [0.1, 0.15) is 5.75 Å². The Morgan fingerprint density at radius 2 is 1.73 bits per heavy atom. The first-order valence-electron chi connectivity index (χ1n) is 7.62. The molecule has 2 N–H and O–H groups in total. The second-order valence-electron chi connectivity index (χ2n) is 5.52. The number of sulfonamides is 1. The number of amides is 1. The lowest BCUT2D eigenvalue weighted by Gasteiger charge is -2.18. The lowest BCUT2D eigenvalue weighted by atomic mass is 10.2. The van der Waals surface area contributed by atoms with E-state index in [0.29, 0.717) is 5.75 Å². The largest absolute Gasteiger partial charge is 0.482 e. The van der Waals surface area contributed by atoms with Crippen molar-refractivity contribution in [2.24, 2.45) is 0 Å². The van der Waals surface area contributed by atoms with E-state index < -0.39 is 19.9 Å². The fourth-order valence-corrected chi connectivity index (χ4v) is 4.73. The van der Waals surface area contributed by atoms with Gasteiger partial charge in [-0.1, -0.05) is 18.2 Å². The molecule has 0 fully saturated rings. The van der Waals surface area contributed by atoms with E-state index in [1.165, 1.54) is 30.3 Å². The van der Waals surface area contributed by atoms with E-state index in [0.717, 1.165) is 0 Å². The van der Waals surface area contributed by atoms with Gasteiger partial charge >= 0.3 is 0 Å². The molecule has 0 saturated carbocycles. The number of rotatable bonds is 6. The molecule has 2 aromatic carbocycles. The third-order valence-electron chi connectivity index (χ3n) is 3.66. The molecule has 0 spiro atoms. The zero-order valence-corrected chi connectivity index (χ0v) is 15.1. The van der Waals surface area contributed by atoms with Crippen molar-refractivity contribution in [3.63, 3.8) is 0 Å². The van der Waals surface area contributed by atoms with Gasteiger partial charge < -0.3 is 10.1 Å². The topological polar surface area (TPSA) is 119 Å². The van der Waals surface area contributed by atoms with Gasteiger partial charge in [-0.15, -0.1) is 0 Å². The molecule has 2 aromatic rings. The third kappa shape index (κ3) is 4.03. The van der Waals surface area contributed by atoms with Gasteiger partial charge in [-0.3, -0.25) is 4.79 Å². The van der Waals surface area contributed by atoms with Crippen LogP contribution >= 0.6 is 0 Å². The molecule has 1 heterocycles. The van der Waals surface area contributed by atoms with Gasteiger partial charge in [0.15, 0.2) is 16.4 Å². The molecule has 10 heteroatoms. The van der Waals surface area contributed by atoms with Gasteiger partial charge in [0.05, 0.1) is 21.2 Å². The third-order valence-corrected chi connectivity index (χ3v) is 6.85. The fourth-order valence-electron chi connectivity index (χ4n) is 2.37. The van der Waals surface area contributed by atoms with Gasteiger partial charge in [0, 0.05) is 6.54 Å². The average molecular weight is 396 g/mol. The first kappa shape index (κ1) is 18.4. The number of hydrogen-bond donors (Lipinski definition) is 2. The van der Waals surface area contributed by atoms with Gasteiger partial charge in [0.2, 0.25) is 10.0 Å². The number of carbonyl (C=O) groups is 1. The van der Waals surface area contributed by atoms with Crippen LogP contribution in [-0.4, -0.2) is 41.6 Å². The van der Waals surface area contributed by atoms with Crippen molar-refractivity contribution in [2.75, 3.05) is 24.2 Å². The highest BCUT2D eigenvalue weighted by Gasteiger charge is 2.22. The van der Waals surface area contributed by atoms with Crippen molar-refractivity contribution < 1.29 is 26.4 Å². The maximum atomic E-state index is 12.4. The van der Waals surface area contributed by atoms with Gasteiger partial charge in [0.25, 0.3) is 5.91 Å². The molecule has 8 nitrogen and oxygen atoms in total. The maximum Gasteiger partial charge on any atom is 0.262 e. The Morgan fingerprint density at radius 3 is 2.46 bits per heavy atom. The Balaban J connectivity index is 1.70. The van der Waals surface area contributed by atoms with E-state index in [4.69, 9.17) is 4.74 Å². The SMILES string of the molecule is O=C1COc2ccc(S(=O)(=O)NCCS(=O)(=O)c3ccccc3)cc2N1. The highest BCUT2D eigenvalue weighted by Crippen LogP contribution is 2.29. The average Bonchev–Trinajstić information content (AvgIpc) is 2.61. The predicted octanol–water partition coefficient (Wildman–Crippen LogP) is 0.770. The van der Waals surface area contributed by atoms with Gasteiger partial charge in [-0.05, 0) is 30.3 Å². The molecule has 1 aliphatic rings. The monoisotopic (exact) mass is 396 g/mol. The van der Waals surface area contributed by atoms with E-state index in [9.17, 15) is 21.6 Å². The highest BCUT2D eigenvalue weighted by atomic mass is 32.2. The molecule has 26 heavy (non-hydrogen) atoms. The Labute approximate surface area is 151 Å². The minimum atomic E-state index is -3.94. The van der Waals surface area contributed by atoms with Crippen LogP contribution in [0.3, 0.4) is 0 Å². The number of benzene rings is 2. The van der Waals surface area contributed by atoms with Crippen LogP contribution < -0.4 is 14.8 Å². The summed E-state index contributed by atoms with van der Waals surface area (Å²) in [6.45, 7) is -0.409. The van der Waals surface area contributed by atoms with Crippen LogP contribution in [0, 0.1) is 0 Å². The molecule has 0 unspecified atom stereocenters. The summed E-state index contributed by atoms with van der Waals surface area (Å²) in [7, 11) is -7.53. The Hall–Kier alpha value is -2.43. The van der Waals surface area contributed by atoms with E-state index in [-0.39, 0.29) is 40.3 Å². The summed E-state index contributed by atoms with van der Waals surface area (Å²) in [5.74, 6) is -0.384. The summed E-state index contributed by atoms with van der Waals surface area (Å²) in [6, 6.07) is 11.8. The van der Waals surface area contributed by atoms with Crippen LogP contribution in [0.2, 0.25) is 0 Å². The molecular weight excluding hydrogens is 380 g/mol. The first-order valence-corrected chi connectivity index (χ1v) is 10.8. The summed E-state index contributed by atoms with van der Waals surface area (Å²) in [5, 5.41) is 2.52. The summed E-state index contributed by atoms with van der Waals surface area (Å²) < 4.78 is 56.5. The van der Waals surface area contributed by atoms with E-state index in [1.807, 2.05) is 0 Å². The molecular formula is C16H16N2O6S2. The molecule has 0 saturated heterocycles. The Kier molecular flexibility index (Phi) is 4.99. The smallest absolute Gasteiger partial charge is 0.262 e. The second kappa shape index (κ2) is 7.06. The van der Waals surface area contributed by atoms with Crippen molar-refractivity contribution >= 4 is 31.5 Å². The van der Waals surface area contributed by atoms with E-state index in [1.54, 1.807) is 18.2 Å². The highest BCUT2D eigenvalue weighted by molar-refractivity contribution is 7.91. The summed E-state index contributed by atoms with van der Waals surface area (Å²) in [6.07, 6.45) is 0. The lowest BCUT2D eigenvalue weighted by molar-refractivity contribution is -0.118. The van der Waals surface area contributed by atoms with E-state index in [2.05, 4.69) is 10.0 Å². The molecule has 3 rings (SSSR count). The van der Waals surface area contributed by atoms with Crippen molar-refractivity contribution in [2.45, 2.75) is 9.79 Å². The molecule has 0 atom stereocenters. The zero-order chi connectivity index (χ0) is 18.8. The number of nitrogens with one attached hydrogen (secondary N) is 2. The minimum Gasteiger partial charge on any atom is -0.482 e. The number of anilines is 1. The van der Waals surface area contributed by atoms with Crippen LogP contribution in [0.1, 0.15) is 0 Å². The summed E-state index contributed by atoms with van der Waals surface area (Å²) in [4.78, 5) is 11.4.